The molecule has 0 saturated heterocycles. The standard InChI is InChI=1S/C16H15ClFNO2/c1-21-13-5-2-11(3-6-13)8-9-19-16(20)14-7-4-12(18)10-15(14)17/h2-7,10H,8-9H2,1H3,(H,19,20). The molecule has 2 rings (SSSR count). The number of rotatable bonds is 5. The Morgan fingerprint density at radius 3 is 2.57 bits per heavy atom. The minimum absolute atomic E-state index is 0.108. The third-order valence-electron chi connectivity index (χ3n) is 3.03. The molecule has 0 unspecified atom stereocenters. The highest BCUT2D eigenvalue weighted by molar-refractivity contribution is 6.33. The fourth-order valence-corrected chi connectivity index (χ4v) is 2.13. The van der Waals surface area contributed by atoms with E-state index >= 15 is 0 Å². The molecular formula is C16H15ClFNO2. The van der Waals surface area contributed by atoms with Crippen molar-refractivity contribution in [3.63, 3.8) is 0 Å². The van der Waals surface area contributed by atoms with Crippen LogP contribution in [0.1, 0.15) is 15.9 Å². The molecule has 1 amide bonds. The Kier molecular flexibility index (Phi) is 5.17. The Morgan fingerprint density at radius 2 is 1.95 bits per heavy atom. The quantitative estimate of drug-likeness (QED) is 0.918. The van der Waals surface area contributed by atoms with E-state index in [9.17, 15) is 9.18 Å². The number of amides is 1. The molecule has 0 saturated carbocycles. The van der Waals surface area contributed by atoms with Gasteiger partial charge in [-0.1, -0.05) is 23.7 Å². The van der Waals surface area contributed by atoms with Crippen molar-refractivity contribution in [3.8, 4) is 5.75 Å². The first-order valence-electron chi connectivity index (χ1n) is 6.46. The second kappa shape index (κ2) is 7.09. The summed E-state index contributed by atoms with van der Waals surface area (Å²) in [5.41, 5.74) is 1.36. The van der Waals surface area contributed by atoms with Gasteiger partial charge in [0.25, 0.3) is 5.91 Å². The molecule has 0 atom stereocenters. The topological polar surface area (TPSA) is 38.3 Å². The van der Waals surface area contributed by atoms with Crippen LogP contribution in [0, 0.1) is 5.82 Å². The third-order valence-corrected chi connectivity index (χ3v) is 3.35. The molecular weight excluding hydrogens is 293 g/mol. The molecule has 0 aliphatic heterocycles. The average Bonchev–Trinajstić information content (AvgIpc) is 2.47. The van der Waals surface area contributed by atoms with Gasteiger partial charge in [-0.2, -0.15) is 0 Å². The van der Waals surface area contributed by atoms with E-state index in [1.54, 1.807) is 7.11 Å². The Hall–Kier alpha value is -2.07. The normalized spacial score (nSPS) is 10.2. The maximum atomic E-state index is 12.9. The first-order valence-corrected chi connectivity index (χ1v) is 6.84. The van der Waals surface area contributed by atoms with Gasteiger partial charge >= 0.3 is 0 Å². The minimum atomic E-state index is -0.463. The molecule has 5 heteroatoms. The number of carbonyl (C=O) groups excluding carboxylic acids is 1. The second-order valence-corrected chi connectivity index (χ2v) is 4.89. The van der Waals surface area contributed by atoms with E-state index in [-0.39, 0.29) is 16.5 Å². The number of ether oxygens (including phenoxy) is 1. The van der Waals surface area contributed by atoms with Gasteiger partial charge in [-0.3, -0.25) is 4.79 Å². The number of hydrogen-bond donors (Lipinski definition) is 1. The van der Waals surface area contributed by atoms with Crippen LogP contribution in [0.3, 0.4) is 0 Å². The lowest BCUT2D eigenvalue weighted by Gasteiger charge is -2.07. The minimum Gasteiger partial charge on any atom is -0.497 e. The van der Waals surface area contributed by atoms with Gasteiger partial charge in [0, 0.05) is 6.54 Å². The van der Waals surface area contributed by atoms with Crippen LogP contribution >= 0.6 is 11.6 Å². The number of methoxy groups -OCH3 is 1. The summed E-state index contributed by atoms with van der Waals surface area (Å²) in [5, 5.41) is 2.87. The maximum Gasteiger partial charge on any atom is 0.252 e. The van der Waals surface area contributed by atoms with E-state index < -0.39 is 5.82 Å². The summed E-state index contributed by atoms with van der Waals surface area (Å²) in [5.74, 6) is 0.0178. The summed E-state index contributed by atoms with van der Waals surface area (Å²) in [6, 6.07) is 11.3. The summed E-state index contributed by atoms with van der Waals surface area (Å²) < 4.78 is 18.0. The van der Waals surface area contributed by atoms with Crippen molar-refractivity contribution in [2.45, 2.75) is 6.42 Å². The largest absolute Gasteiger partial charge is 0.497 e. The molecule has 2 aromatic carbocycles. The van der Waals surface area contributed by atoms with Crippen molar-refractivity contribution in [2.24, 2.45) is 0 Å². The molecule has 0 bridgehead atoms. The molecule has 0 spiro atoms. The zero-order valence-corrected chi connectivity index (χ0v) is 12.3. The van der Waals surface area contributed by atoms with Gasteiger partial charge in [0.05, 0.1) is 17.7 Å². The number of benzene rings is 2. The van der Waals surface area contributed by atoms with Crippen LogP contribution in [0.5, 0.6) is 5.75 Å². The summed E-state index contributed by atoms with van der Waals surface area (Å²) in [7, 11) is 1.61. The van der Waals surface area contributed by atoms with E-state index in [1.165, 1.54) is 12.1 Å². The molecule has 0 aliphatic rings. The molecule has 0 aromatic heterocycles. The van der Waals surface area contributed by atoms with Crippen LogP contribution in [-0.4, -0.2) is 19.6 Å². The highest BCUT2D eigenvalue weighted by Crippen LogP contribution is 2.17. The predicted octanol–water partition coefficient (Wildman–Crippen LogP) is 3.46. The van der Waals surface area contributed by atoms with Crippen molar-refractivity contribution < 1.29 is 13.9 Å². The number of halogens is 2. The lowest BCUT2D eigenvalue weighted by molar-refractivity contribution is 0.0954. The van der Waals surface area contributed by atoms with Gasteiger partial charge in [-0.25, -0.2) is 4.39 Å². The summed E-state index contributed by atoms with van der Waals surface area (Å²) in [4.78, 5) is 11.9. The first-order chi connectivity index (χ1) is 10.1. The van der Waals surface area contributed by atoms with Gasteiger partial charge in [-0.05, 0) is 42.3 Å². The van der Waals surface area contributed by atoms with Crippen LogP contribution in [-0.2, 0) is 6.42 Å². The van der Waals surface area contributed by atoms with Crippen LogP contribution in [0.25, 0.3) is 0 Å². The van der Waals surface area contributed by atoms with E-state index in [2.05, 4.69) is 5.32 Å². The molecule has 2 aromatic rings. The van der Waals surface area contributed by atoms with Gasteiger partial charge in [-0.15, -0.1) is 0 Å². The van der Waals surface area contributed by atoms with Crippen molar-refractivity contribution in [2.75, 3.05) is 13.7 Å². The molecule has 0 radical (unpaired) electrons. The van der Waals surface area contributed by atoms with Crippen LogP contribution in [0.2, 0.25) is 5.02 Å². The van der Waals surface area contributed by atoms with E-state index in [0.29, 0.717) is 13.0 Å². The number of hydrogen-bond acceptors (Lipinski definition) is 2. The Bertz CT molecular complexity index is 629. The third kappa shape index (κ3) is 4.20. The summed E-state index contributed by atoms with van der Waals surface area (Å²) >= 11 is 5.84. The van der Waals surface area contributed by atoms with E-state index in [1.807, 2.05) is 24.3 Å². The number of nitrogens with one attached hydrogen (secondary N) is 1. The lowest BCUT2D eigenvalue weighted by Crippen LogP contribution is -2.26. The van der Waals surface area contributed by atoms with Crippen molar-refractivity contribution in [3.05, 3.63) is 64.4 Å². The van der Waals surface area contributed by atoms with Gasteiger partial charge in [0.1, 0.15) is 11.6 Å². The maximum absolute atomic E-state index is 12.9. The van der Waals surface area contributed by atoms with Crippen molar-refractivity contribution >= 4 is 17.5 Å². The van der Waals surface area contributed by atoms with E-state index in [0.717, 1.165) is 17.4 Å². The SMILES string of the molecule is COc1ccc(CCNC(=O)c2ccc(F)cc2Cl)cc1. The van der Waals surface area contributed by atoms with Gasteiger partial charge < -0.3 is 10.1 Å². The van der Waals surface area contributed by atoms with Crippen LogP contribution in [0.15, 0.2) is 42.5 Å². The lowest BCUT2D eigenvalue weighted by atomic mass is 10.1. The molecule has 0 aliphatic carbocycles. The first kappa shape index (κ1) is 15.3. The Labute approximate surface area is 127 Å². The molecule has 110 valence electrons. The molecule has 1 N–H and O–H groups in total. The van der Waals surface area contributed by atoms with Gasteiger partial charge in [0.15, 0.2) is 0 Å². The monoisotopic (exact) mass is 307 g/mol. The average molecular weight is 308 g/mol. The smallest absolute Gasteiger partial charge is 0.252 e. The second-order valence-electron chi connectivity index (χ2n) is 4.48. The zero-order valence-electron chi connectivity index (χ0n) is 11.5. The summed E-state index contributed by atoms with van der Waals surface area (Å²) in [6.07, 6.45) is 0.689. The van der Waals surface area contributed by atoms with Crippen molar-refractivity contribution in [1.29, 1.82) is 0 Å². The predicted molar refractivity (Wildman–Crippen MR) is 80.4 cm³/mol. The van der Waals surface area contributed by atoms with Gasteiger partial charge in [0.2, 0.25) is 0 Å². The number of carbonyl (C=O) groups is 1. The molecule has 3 nitrogen and oxygen atoms in total. The van der Waals surface area contributed by atoms with Crippen LogP contribution < -0.4 is 10.1 Å². The highest BCUT2D eigenvalue weighted by Gasteiger charge is 2.10. The van der Waals surface area contributed by atoms with E-state index in [4.69, 9.17) is 16.3 Å². The highest BCUT2D eigenvalue weighted by atomic mass is 35.5. The fraction of sp³-hybridized carbons (Fsp3) is 0.188. The Morgan fingerprint density at radius 1 is 1.24 bits per heavy atom. The van der Waals surface area contributed by atoms with Crippen LogP contribution in [0.4, 0.5) is 4.39 Å². The molecule has 21 heavy (non-hydrogen) atoms. The molecule has 0 heterocycles. The summed E-state index contributed by atoms with van der Waals surface area (Å²) in [6.45, 7) is 0.471. The Balaban J connectivity index is 1.88. The zero-order chi connectivity index (χ0) is 15.2. The molecule has 0 fully saturated rings. The van der Waals surface area contributed by atoms with Crippen molar-refractivity contribution in [1.82, 2.24) is 5.32 Å². The fourth-order valence-electron chi connectivity index (χ4n) is 1.88.